The summed E-state index contributed by atoms with van der Waals surface area (Å²) in [5.74, 6) is -1.15. The van der Waals surface area contributed by atoms with Crippen molar-refractivity contribution in [3.63, 3.8) is 0 Å². The van der Waals surface area contributed by atoms with Crippen molar-refractivity contribution >= 4 is 85.6 Å². The predicted octanol–water partition coefficient (Wildman–Crippen LogP) is 12.5. The van der Waals surface area contributed by atoms with Crippen molar-refractivity contribution < 1.29 is 76.2 Å². The van der Waals surface area contributed by atoms with E-state index >= 15 is 0 Å². The number of methoxy groups -OCH3 is 4. The number of hydrogen-bond acceptors (Lipinski definition) is 16. The number of cyclic esters (lactones) is 2. The Hall–Kier alpha value is -5.67. The van der Waals surface area contributed by atoms with E-state index in [1.54, 1.807) is 7.11 Å². The molecule has 12 atom stereocenters. The van der Waals surface area contributed by atoms with Gasteiger partial charge in [0.15, 0.2) is 25.5 Å². The van der Waals surface area contributed by atoms with E-state index < -0.39 is 24.0 Å². The van der Waals surface area contributed by atoms with E-state index in [4.69, 9.17) is 23.7 Å². The van der Waals surface area contributed by atoms with Crippen molar-refractivity contribution in [3.05, 3.63) is 121 Å². The molecular formula is C71H108O16S4+4. The van der Waals surface area contributed by atoms with Crippen LogP contribution in [-0.4, -0.2) is 158 Å². The van der Waals surface area contributed by atoms with Crippen molar-refractivity contribution in [2.45, 2.75) is 138 Å². The van der Waals surface area contributed by atoms with E-state index in [1.807, 2.05) is 55.4 Å². The number of esters is 6. The van der Waals surface area contributed by atoms with Gasteiger partial charge in [-0.15, -0.1) is 0 Å². The minimum absolute atomic E-state index is 0.00231. The Morgan fingerprint density at radius 3 is 1.13 bits per heavy atom. The van der Waals surface area contributed by atoms with E-state index in [2.05, 4.69) is 190 Å². The Labute approximate surface area is 556 Å². The predicted molar refractivity (Wildman–Crippen MR) is 370 cm³/mol. The van der Waals surface area contributed by atoms with E-state index in [0.29, 0.717) is 75.6 Å². The van der Waals surface area contributed by atoms with E-state index in [-0.39, 0.29) is 83.8 Å². The van der Waals surface area contributed by atoms with Gasteiger partial charge in [0.25, 0.3) is 0 Å². The molecule has 4 aromatic carbocycles. The summed E-state index contributed by atoms with van der Waals surface area (Å²) < 4.78 is 43.1. The smallest absolute Gasteiger partial charge is 0.469 e. The van der Waals surface area contributed by atoms with Crippen LogP contribution in [-0.2, 0) is 115 Å². The van der Waals surface area contributed by atoms with Gasteiger partial charge in [-0.25, -0.2) is 4.79 Å². The zero-order chi connectivity index (χ0) is 68.8. The molecule has 12 unspecified atom stereocenters. The number of benzene rings is 4. The van der Waals surface area contributed by atoms with Gasteiger partial charge in [-0.1, -0.05) is 128 Å². The van der Waals surface area contributed by atoms with Gasteiger partial charge in [-0.3, -0.25) is 28.8 Å². The van der Waals surface area contributed by atoms with Gasteiger partial charge in [-0.05, 0) is 80.1 Å². The molecule has 4 heterocycles. The summed E-state index contributed by atoms with van der Waals surface area (Å²) in [4.78, 5) is 82.7. The van der Waals surface area contributed by atoms with E-state index in [0.717, 1.165) is 25.7 Å². The summed E-state index contributed by atoms with van der Waals surface area (Å²) in [7, 11) is 7.19. The minimum Gasteiger partial charge on any atom is -0.469 e. The normalized spacial score (nSPS) is 24.3. The fraction of sp³-hybridized carbons (Fsp3) is 0.563. The van der Waals surface area contributed by atoms with Crippen molar-refractivity contribution in [2.75, 3.05) is 91.7 Å². The van der Waals surface area contributed by atoms with E-state index in [9.17, 15) is 33.6 Å². The lowest BCUT2D eigenvalue weighted by Crippen LogP contribution is -2.35. The number of ether oxygens (including phenoxy) is 9. The molecule has 0 spiro atoms. The molecule has 8 aliphatic rings. The average Bonchev–Trinajstić information content (AvgIpc) is 1.59. The highest BCUT2D eigenvalue weighted by Gasteiger charge is 2.65. The summed E-state index contributed by atoms with van der Waals surface area (Å²) in [5, 5.41) is 0. The second kappa shape index (κ2) is 46.4. The monoisotopic (exact) mass is 1340 g/mol. The molecule has 4 saturated heterocycles. The first-order valence-electron chi connectivity index (χ1n) is 31.4. The van der Waals surface area contributed by atoms with Crippen LogP contribution < -0.4 is 0 Å². The zero-order valence-corrected chi connectivity index (χ0v) is 61.1. The molecule has 4 saturated carbocycles. The van der Waals surface area contributed by atoms with Crippen LogP contribution in [0.25, 0.3) is 0 Å². The molecule has 0 radical (unpaired) electrons. The summed E-state index contributed by atoms with van der Waals surface area (Å²) in [6.45, 7) is 16.8. The fourth-order valence-electron chi connectivity index (χ4n) is 10.9. The maximum absolute atomic E-state index is 11.5. The molecule has 20 heteroatoms. The first kappa shape index (κ1) is 83.3. The van der Waals surface area contributed by atoms with Crippen LogP contribution >= 0.6 is 0 Å². The Morgan fingerprint density at radius 2 is 0.824 bits per heavy atom. The topological polar surface area (TPSA) is 203 Å². The Balaban J connectivity index is 0.000000517. The van der Waals surface area contributed by atoms with E-state index in [1.165, 1.54) is 40.9 Å². The number of fused-ring (bicyclic) bond motifs is 2. The van der Waals surface area contributed by atoms with Crippen LogP contribution in [0.5, 0.6) is 0 Å². The number of carbonyl (C=O) groups excluding carboxylic acids is 7. The maximum atomic E-state index is 11.5. The molecule has 0 amide bonds. The molecule has 4 bridgehead atoms. The molecule has 508 valence electrons. The Bertz CT molecular complexity index is 2490. The lowest BCUT2D eigenvalue weighted by atomic mass is 9.82. The van der Waals surface area contributed by atoms with Gasteiger partial charge in [0, 0.05) is 74.9 Å². The van der Waals surface area contributed by atoms with Crippen LogP contribution in [0.1, 0.15) is 93.9 Å². The molecule has 12 rings (SSSR count). The molecule has 4 aliphatic carbocycles. The van der Waals surface area contributed by atoms with Gasteiger partial charge in [0.1, 0.15) is 81.1 Å². The van der Waals surface area contributed by atoms with Gasteiger partial charge in [-0.2, -0.15) is 0 Å². The maximum Gasteiger partial charge on any atom is 0.508 e. The minimum atomic E-state index is -0.688. The highest BCUT2D eigenvalue weighted by atomic mass is 32.2. The Kier molecular flexibility index (Phi) is 42.5. The summed E-state index contributed by atoms with van der Waals surface area (Å²) in [5.41, 5.74) is 0. The van der Waals surface area contributed by atoms with Crippen LogP contribution in [0.4, 0.5) is 4.79 Å². The van der Waals surface area contributed by atoms with Gasteiger partial charge in [0.2, 0.25) is 0 Å². The third kappa shape index (κ3) is 27.1. The van der Waals surface area contributed by atoms with Crippen molar-refractivity contribution in [1.29, 1.82) is 0 Å². The number of rotatable bonds is 8. The lowest BCUT2D eigenvalue weighted by molar-refractivity contribution is -0.155. The van der Waals surface area contributed by atoms with Crippen LogP contribution in [0.2, 0.25) is 0 Å². The number of hydrogen-bond donors (Lipinski definition) is 0. The first-order valence-corrected chi connectivity index (χ1v) is 39.6. The largest absolute Gasteiger partial charge is 0.508 e. The summed E-state index contributed by atoms with van der Waals surface area (Å²) >= 11 is 0. The van der Waals surface area contributed by atoms with Crippen LogP contribution in [0, 0.1) is 47.3 Å². The lowest BCUT2D eigenvalue weighted by Gasteiger charge is -2.24. The zero-order valence-electron chi connectivity index (χ0n) is 57.8. The third-order valence-electron chi connectivity index (χ3n) is 15.2. The quantitative estimate of drug-likeness (QED) is 0.0697. The standard InChI is InChI=1S/C10H12O5.C10H12O4.4C8H11S.C6H8O4.C5H8O3.4C2H6/c1-13-10(12)15-7-4-2-5-6(3-4)9(11)14-8(5)7;1-13-10(12)7-4-2-5-6(3-4)9(11)14-8(5)7;4*1-9(2)8-6-4-3-5-7-8;1-9-5(7)4-2-3-10-6(4)8;1-7-4-2-5(6)8-3-4;4*1-2/h4-8H,2-3H2,1H3;4-8H,2-3H2,1H3;4*3-7H,1-2H3;4H,2-3H2,1H3;4H,2-3H2,1H3;4*1-2H3/q;;4*+1;;;;;;. The van der Waals surface area contributed by atoms with Gasteiger partial charge in [0.05, 0.1) is 52.1 Å². The molecular weight excluding hydrogens is 1240 g/mol. The summed E-state index contributed by atoms with van der Waals surface area (Å²) in [6.07, 6.45) is 20.8. The second-order valence-corrected chi connectivity index (χ2v) is 29.6. The van der Waals surface area contributed by atoms with Crippen molar-refractivity contribution in [3.8, 4) is 0 Å². The molecule has 91 heavy (non-hydrogen) atoms. The number of carbonyl (C=O) groups is 7. The second-order valence-electron chi connectivity index (χ2n) is 21.2. The molecule has 16 nitrogen and oxygen atoms in total. The highest BCUT2D eigenvalue weighted by Crippen LogP contribution is 2.58. The van der Waals surface area contributed by atoms with Gasteiger partial charge >= 0.3 is 42.0 Å². The molecule has 4 aliphatic heterocycles. The van der Waals surface area contributed by atoms with Gasteiger partial charge < -0.3 is 42.6 Å². The van der Waals surface area contributed by atoms with Crippen LogP contribution in [0.15, 0.2) is 141 Å². The van der Waals surface area contributed by atoms with Crippen LogP contribution in [0.3, 0.4) is 0 Å². The fourth-order valence-corrected chi connectivity index (χ4v) is 13.7. The highest BCUT2D eigenvalue weighted by molar-refractivity contribution is 7.96. The molecule has 8 fully saturated rings. The first-order chi connectivity index (χ1) is 43.7. The third-order valence-corrected chi connectivity index (χ3v) is 20.1. The molecule has 0 aromatic heterocycles. The average molecular weight is 1350 g/mol. The SMILES string of the molecule is CC.CC.CC.CC.COC(=O)C1C2CC3C(=O)OC1C3C2.COC(=O)C1CCOC1=O.COC(=O)OC1C2CC3C(=O)OC1C3C2.COC1COC(=O)C1.C[S+](C)c1ccccc1.C[S+](C)c1ccccc1.C[S+](C)c1ccccc1.C[S+](C)c1ccccc1. The van der Waals surface area contributed by atoms with Crippen molar-refractivity contribution in [2.24, 2.45) is 47.3 Å². The summed E-state index contributed by atoms with van der Waals surface area (Å²) in [6, 6.07) is 42.3. The molecule has 4 aromatic rings. The Morgan fingerprint density at radius 1 is 0.451 bits per heavy atom. The van der Waals surface area contributed by atoms with Crippen molar-refractivity contribution in [1.82, 2.24) is 0 Å². The molecule has 0 N–H and O–H groups in total.